The summed E-state index contributed by atoms with van der Waals surface area (Å²) in [5, 5.41) is 12.3. The van der Waals surface area contributed by atoms with Gasteiger partial charge in [0.05, 0.1) is 28.0 Å². The molecule has 0 saturated carbocycles. The van der Waals surface area contributed by atoms with Crippen molar-refractivity contribution >= 4 is 11.0 Å². The normalized spacial score (nSPS) is 13.1. The quantitative estimate of drug-likeness (QED) is 0.166. The molecule has 4 nitrogen and oxygen atoms in total. The van der Waals surface area contributed by atoms with Crippen molar-refractivity contribution in [3.63, 3.8) is 0 Å². The molecule has 308 valence electrons. The SMILES string of the molecule is [2H]C([2H])([2H])c1ccc(-c2ccnc(-c3cc(-c4cccc5c4nc(-c4cc(C(C)C)cc(C(C)C)c4O)n5-c4ccc(-c5ccccc5)cc4C(C)(C)C)cc(C(C)(C)C)c3)c2)cc1. The van der Waals surface area contributed by atoms with Crippen molar-refractivity contribution in [2.75, 3.05) is 0 Å². The van der Waals surface area contributed by atoms with Crippen LogP contribution >= 0.6 is 0 Å². The number of aryl methyl sites for hydroxylation is 1. The Morgan fingerprint density at radius 2 is 1.28 bits per heavy atom. The molecule has 0 aliphatic heterocycles. The van der Waals surface area contributed by atoms with Gasteiger partial charge in [-0.25, -0.2) is 4.98 Å². The topological polar surface area (TPSA) is 50.9 Å². The fourth-order valence-electron chi connectivity index (χ4n) is 8.32. The summed E-state index contributed by atoms with van der Waals surface area (Å²) in [7, 11) is 0. The van der Waals surface area contributed by atoms with E-state index in [-0.39, 0.29) is 28.4 Å². The summed E-state index contributed by atoms with van der Waals surface area (Å²) in [4.78, 5) is 10.5. The molecule has 8 aromatic rings. The number of hydrogen-bond donors (Lipinski definition) is 1. The van der Waals surface area contributed by atoms with Crippen molar-refractivity contribution in [3.8, 4) is 67.5 Å². The number of phenolic OH excluding ortho intramolecular Hbond substituents is 1. The predicted octanol–water partition coefficient (Wildman–Crippen LogP) is 15.6. The van der Waals surface area contributed by atoms with Crippen molar-refractivity contribution in [1.29, 1.82) is 0 Å². The van der Waals surface area contributed by atoms with Crippen LogP contribution < -0.4 is 0 Å². The largest absolute Gasteiger partial charge is 0.507 e. The molecule has 0 radical (unpaired) electrons. The maximum atomic E-state index is 12.3. The monoisotopic (exact) mass is 804 g/mol. The van der Waals surface area contributed by atoms with Gasteiger partial charge in [0.15, 0.2) is 0 Å². The van der Waals surface area contributed by atoms with E-state index in [2.05, 4.69) is 171 Å². The van der Waals surface area contributed by atoms with Gasteiger partial charge >= 0.3 is 0 Å². The van der Waals surface area contributed by atoms with E-state index in [4.69, 9.17) is 14.1 Å². The summed E-state index contributed by atoms with van der Waals surface area (Å²) in [5.41, 5.74) is 15.7. The van der Waals surface area contributed by atoms with E-state index in [1.165, 1.54) is 5.56 Å². The Bertz CT molecular complexity index is 3000. The highest BCUT2D eigenvalue weighted by molar-refractivity contribution is 5.97. The highest BCUT2D eigenvalue weighted by Crippen LogP contribution is 2.45. The summed E-state index contributed by atoms with van der Waals surface area (Å²) >= 11 is 0. The molecule has 2 heterocycles. The molecule has 61 heavy (non-hydrogen) atoms. The number of imidazole rings is 1. The van der Waals surface area contributed by atoms with Crippen LogP contribution in [-0.4, -0.2) is 19.6 Å². The number of aromatic hydroxyl groups is 1. The number of phenols is 1. The number of benzene rings is 6. The first-order valence-corrected chi connectivity index (χ1v) is 21.5. The molecule has 0 amide bonds. The molecule has 2 aromatic heterocycles. The number of fused-ring (bicyclic) bond motifs is 1. The van der Waals surface area contributed by atoms with Gasteiger partial charge in [0.25, 0.3) is 0 Å². The number of nitrogens with zero attached hydrogens (tertiary/aromatic N) is 3. The van der Waals surface area contributed by atoms with Crippen molar-refractivity contribution in [1.82, 2.24) is 14.5 Å². The average molecular weight is 805 g/mol. The van der Waals surface area contributed by atoms with E-state index < -0.39 is 6.85 Å². The molecule has 0 aliphatic carbocycles. The van der Waals surface area contributed by atoms with Gasteiger partial charge in [0.1, 0.15) is 11.6 Å². The minimum atomic E-state index is -2.16. The zero-order valence-electron chi connectivity index (χ0n) is 40.2. The van der Waals surface area contributed by atoms with E-state index in [0.29, 0.717) is 17.0 Å². The van der Waals surface area contributed by atoms with Gasteiger partial charge < -0.3 is 5.11 Å². The fraction of sp³-hybridized carbons (Fsp3) is 0.263. The van der Waals surface area contributed by atoms with Crippen LogP contribution in [-0.2, 0) is 10.8 Å². The molecule has 6 aromatic carbocycles. The Morgan fingerprint density at radius 3 is 1.95 bits per heavy atom. The van der Waals surface area contributed by atoms with Gasteiger partial charge in [-0.3, -0.25) is 9.55 Å². The molecule has 8 rings (SSSR count). The third-order valence-electron chi connectivity index (χ3n) is 11.9. The van der Waals surface area contributed by atoms with Crippen LogP contribution in [0.25, 0.3) is 72.7 Å². The maximum absolute atomic E-state index is 12.3. The number of aromatic nitrogens is 3. The Kier molecular flexibility index (Phi) is 9.88. The zero-order valence-corrected chi connectivity index (χ0v) is 37.2. The van der Waals surface area contributed by atoms with Crippen LogP contribution in [0.15, 0.2) is 140 Å². The molecule has 0 atom stereocenters. The lowest BCUT2D eigenvalue weighted by Crippen LogP contribution is -2.16. The van der Waals surface area contributed by atoms with Gasteiger partial charge in [-0.05, 0) is 128 Å². The molecular weight excluding hydrogens is 743 g/mol. The molecule has 0 spiro atoms. The van der Waals surface area contributed by atoms with Gasteiger partial charge in [0, 0.05) is 21.4 Å². The van der Waals surface area contributed by atoms with Crippen LogP contribution in [0.4, 0.5) is 0 Å². The summed E-state index contributed by atoms with van der Waals surface area (Å²) in [5.74, 6) is 1.28. The van der Waals surface area contributed by atoms with Crippen LogP contribution in [0.1, 0.15) is 113 Å². The second kappa shape index (κ2) is 16.0. The molecule has 4 heteroatoms. The third-order valence-corrected chi connectivity index (χ3v) is 11.9. The Balaban J connectivity index is 1.39. The van der Waals surface area contributed by atoms with Gasteiger partial charge in [-0.1, -0.05) is 160 Å². The molecule has 0 unspecified atom stereocenters. The smallest absolute Gasteiger partial charge is 0.149 e. The van der Waals surface area contributed by atoms with Gasteiger partial charge in [0.2, 0.25) is 0 Å². The maximum Gasteiger partial charge on any atom is 0.149 e. The van der Waals surface area contributed by atoms with Gasteiger partial charge in [-0.2, -0.15) is 0 Å². The highest BCUT2D eigenvalue weighted by atomic mass is 16.3. The highest BCUT2D eigenvalue weighted by Gasteiger charge is 2.28. The molecule has 0 saturated heterocycles. The second-order valence-electron chi connectivity index (χ2n) is 19.2. The molecule has 1 N–H and O–H groups in total. The minimum absolute atomic E-state index is 0.0975. The first-order valence-electron chi connectivity index (χ1n) is 23.0. The lowest BCUT2D eigenvalue weighted by molar-refractivity contribution is 0.466. The van der Waals surface area contributed by atoms with Crippen molar-refractivity contribution < 1.29 is 9.22 Å². The molecular formula is C57H59N3O. The van der Waals surface area contributed by atoms with Crippen LogP contribution in [0.5, 0.6) is 5.75 Å². The Morgan fingerprint density at radius 1 is 0.590 bits per heavy atom. The van der Waals surface area contributed by atoms with Gasteiger partial charge in [-0.15, -0.1) is 0 Å². The standard InChI is InChI=1S/C57H59N3O/c1-35(2)42-31-47(36(3)4)54(61)48(32-42)55-59-53-46(18-15-19-52(53)60(55)51-25-24-40(33-49(51)57(9,10)11)38-16-13-12-14-17-38)43-28-44(30-45(29-43)56(6,7)8)50-34-41(26-27-58-50)39-22-20-37(5)21-23-39/h12-36,61H,1-11H3/i5D3. The van der Waals surface area contributed by atoms with Crippen molar-refractivity contribution in [3.05, 3.63) is 167 Å². The molecule has 0 aliphatic rings. The van der Waals surface area contributed by atoms with E-state index in [1.807, 2.05) is 30.5 Å². The molecule has 0 bridgehead atoms. The van der Waals surface area contributed by atoms with Crippen LogP contribution in [0, 0.1) is 6.85 Å². The minimum Gasteiger partial charge on any atom is -0.507 e. The summed E-state index contributed by atoms with van der Waals surface area (Å²) < 4.78 is 25.8. The van der Waals surface area contributed by atoms with Crippen LogP contribution in [0.3, 0.4) is 0 Å². The lowest BCUT2D eigenvalue weighted by Gasteiger charge is -2.26. The lowest BCUT2D eigenvalue weighted by atomic mass is 9.83. The third kappa shape index (κ3) is 8.16. The summed E-state index contributed by atoms with van der Waals surface area (Å²) in [6.45, 7) is 19.9. The number of hydrogen-bond acceptors (Lipinski definition) is 3. The first-order chi connectivity index (χ1) is 30.2. The average Bonchev–Trinajstić information content (AvgIpc) is 3.65. The van der Waals surface area contributed by atoms with E-state index in [9.17, 15) is 5.11 Å². The van der Waals surface area contributed by atoms with Crippen molar-refractivity contribution in [2.45, 2.75) is 98.8 Å². The predicted molar refractivity (Wildman–Crippen MR) is 258 cm³/mol. The fourth-order valence-corrected chi connectivity index (χ4v) is 8.32. The summed E-state index contributed by atoms with van der Waals surface area (Å²) in [6, 6.07) is 45.8. The second-order valence-corrected chi connectivity index (χ2v) is 19.2. The van der Waals surface area contributed by atoms with E-state index >= 15 is 0 Å². The molecule has 0 fully saturated rings. The van der Waals surface area contributed by atoms with Crippen molar-refractivity contribution in [2.24, 2.45) is 0 Å². The number of pyridine rings is 1. The van der Waals surface area contributed by atoms with Crippen LogP contribution in [0.2, 0.25) is 0 Å². The summed E-state index contributed by atoms with van der Waals surface area (Å²) in [6.07, 6.45) is 1.82. The Labute approximate surface area is 367 Å². The number of rotatable bonds is 8. The zero-order chi connectivity index (χ0) is 45.9. The van der Waals surface area contributed by atoms with E-state index in [1.54, 1.807) is 12.1 Å². The Hall–Kier alpha value is -6.26. The number of para-hydroxylation sites is 1. The van der Waals surface area contributed by atoms with E-state index in [0.717, 1.165) is 78.0 Å². The first kappa shape index (κ1) is 37.7.